The third kappa shape index (κ3) is 2.37. The molecule has 1 aromatic rings. The lowest BCUT2D eigenvalue weighted by molar-refractivity contribution is -0.0322. The van der Waals surface area contributed by atoms with Gasteiger partial charge in [-0.3, -0.25) is 4.90 Å². The van der Waals surface area contributed by atoms with Gasteiger partial charge in [-0.15, -0.1) is 0 Å². The molecule has 1 atom stereocenters. The summed E-state index contributed by atoms with van der Waals surface area (Å²) in [6.45, 7) is 6.42. The molecule has 84 valence electrons. The zero-order chi connectivity index (χ0) is 10.7. The normalized spacial score (nSPS) is 23.2. The summed E-state index contributed by atoms with van der Waals surface area (Å²) >= 11 is 0. The highest BCUT2D eigenvalue weighted by molar-refractivity contribution is 5.04. The van der Waals surface area contributed by atoms with Crippen LogP contribution in [0.15, 0.2) is 6.20 Å². The van der Waals surface area contributed by atoms with Crippen LogP contribution in [0.1, 0.15) is 24.5 Å². The molecule has 5 heteroatoms. The molecule has 0 radical (unpaired) electrons. The van der Waals surface area contributed by atoms with E-state index in [-0.39, 0.29) is 6.10 Å². The molecule has 3 N–H and O–H groups in total. The monoisotopic (exact) mass is 210 g/mol. The SMILES string of the molecule is CCN1CCOC(c2ncc(CN)[nH]2)C1. The van der Waals surface area contributed by atoms with Gasteiger partial charge >= 0.3 is 0 Å². The second-order valence-corrected chi connectivity index (χ2v) is 3.75. The molecule has 0 bridgehead atoms. The van der Waals surface area contributed by atoms with Crippen molar-refractivity contribution in [2.75, 3.05) is 26.2 Å². The number of imidazole rings is 1. The van der Waals surface area contributed by atoms with Crippen molar-refractivity contribution in [1.82, 2.24) is 14.9 Å². The summed E-state index contributed by atoms with van der Waals surface area (Å²) < 4.78 is 5.68. The minimum absolute atomic E-state index is 0.0685. The van der Waals surface area contributed by atoms with E-state index >= 15 is 0 Å². The molecule has 1 unspecified atom stereocenters. The van der Waals surface area contributed by atoms with E-state index in [0.717, 1.165) is 37.8 Å². The number of morpholine rings is 1. The average molecular weight is 210 g/mol. The summed E-state index contributed by atoms with van der Waals surface area (Å²) in [7, 11) is 0. The van der Waals surface area contributed by atoms with Crippen LogP contribution in [-0.2, 0) is 11.3 Å². The zero-order valence-corrected chi connectivity index (χ0v) is 9.07. The second kappa shape index (κ2) is 4.74. The molecule has 1 aliphatic heterocycles. The van der Waals surface area contributed by atoms with E-state index in [9.17, 15) is 0 Å². The fourth-order valence-electron chi connectivity index (χ4n) is 1.80. The van der Waals surface area contributed by atoms with Crippen molar-refractivity contribution in [3.05, 3.63) is 17.7 Å². The third-order valence-corrected chi connectivity index (χ3v) is 2.77. The smallest absolute Gasteiger partial charge is 0.136 e. The van der Waals surface area contributed by atoms with E-state index in [1.165, 1.54) is 0 Å². The number of nitrogens with zero attached hydrogens (tertiary/aromatic N) is 2. The zero-order valence-electron chi connectivity index (χ0n) is 9.07. The first kappa shape index (κ1) is 10.6. The maximum absolute atomic E-state index is 5.68. The molecule has 2 heterocycles. The molecule has 0 spiro atoms. The van der Waals surface area contributed by atoms with Crippen molar-refractivity contribution in [3.8, 4) is 0 Å². The van der Waals surface area contributed by atoms with Gasteiger partial charge in [0.15, 0.2) is 0 Å². The van der Waals surface area contributed by atoms with Gasteiger partial charge in [-0.05, 0) is 6.54 Å². The van der Waals surface area contributed by atoms with Gasteiger partial charge in [0.1, 0.15) is 11.9 Å². The first-order chi connectivity index (χ1) is 7.33. The lowest BCUT2D eigenvalue weighted by Crippen LogP contribution is -2.38. The molecule has 0 saturated carbocycles. The number of nitrogens with one attached hydrogen (secondary N) is 1. The van der Waals surface area contributed by atoms with E-state index < -0.39 is 0 Å². The molecule has 2 rings (SSSR count). The second-order valence-electron chi connectivity index (χ2n) is 3.75. The number of nitrogens with two attached hydrogens (primary N) is 1. The van der Waals surface area contributed by atoms with Crippen LogP contribution in [0.2, 0.25) is 0 Å². The maximum atomic E-state index is 5.68. The molecule has 15 heavy (non-hydrogen) atoms. The molecule has 1 aliphatic rings. The van der Waals surface area contributed by atoms with Crippen LogP contribution >= 0.6 is 0 Å². The predicted molar refractivity (Wildman–Crippen MR) is 57.3 cm³/mol. The van der Waals surface area contributed by atoms with Crippen molar-refractivity contribution in [2.24, 2.45) is 5.73 Å². The Hall–Kier alpha value is -0.910. The number of hydrogen-bond acceptors (Lipinski definition) is 4. The standard InChI is InChI=1S/C10H18N4O/c1-2-14-3-4-15-9(7-14)10-12-6-8(5-11)13-10/h6,9H,2-5,7,11H2,1H3,(H,12,13). The molecular weight excluding hydrogens is 192 g/mol. The highest BCUT2D eigenvalue weighted by Gasteiger charge is 2.22. The fraction of sp³-hybridized carbons (Fsp3) is 0.700. The van der Waals surface area contributed by atoms with Gasteiger partial charge in [-0.25, -0.2) is 4.98 Å². The van der Waals surface area contributed by atoms with Crippen molar-refractivity contribution < 1.29 is 4.74 Å². The Morgan fingerprint density at radius 1 is 1.73 bits per heavy atom. The van der Waals surface area contributed by atoms with Gasteiger partial charge in [0.25, 0.3) is 0 Å². The van der Waals surface area contributed by atoms with Crippen molar-refractivity contribution >= 4 is 0 Å². The molecular formula is C10H18N4O. The van der Waals surface area contributed by atoms with E-state index in [1.807, 2.05) is 0 Å². The van der Waals surface area contributed by atoms with Crippen LogP contribution in [0.5, 0.6) is 0 Å². The van der Waals surface area contributed by atoms with Gasteiger partial charge in [0.05, 0.1) is 6.61 Å². The molecule has 1 fully saturated rings. The number of ether oxygens (including phenoxy) is 1. The van der Waals surface area contributed by atoms with Crippen LogP contribution in [-0.4, -0.2) is 41.1 Å². The maximum Gasteiger partial charge on any atom is 0.136 e. The van der Waals surface area contributed by atoms with Crippen LogP contribution in [0.25, 0.3) is 0 Å². The van der Waals surface area contributed by atoms with E-state index in [1.54, 1.807) is 6.20 Å². The summed E-state index contributed by atoms with van der Waals surface area (Å²) in [5.74, 6) is 0.897. The Labute approximate surface area is 89.6 Å². The Morgan fingerprint density at radius 3 is 3.27 bits per heavy atom. The van der Waals surface area contributed by atoms with Gasteiger partial charge in [0, 0.05) is 31.5 Å². The van der Waals surface area contributed by atoms with Crippen molar-refractivity contribution in [1.29, 1.82) is 0 Å². The number of likely N-dealkylation sites (N-methyl/N-ethyl adjacent to an activating group) is 1. The van der Waals surface area contributed by atoms with E-state index in [0.29, 0.717) is 6.54 Å². The molecule has 0 amide bonds. The summed E-state index contributed by atoms with van der Waals surface area (Å²) in [5, 5.41) is 0. The topological polar surface area (TPSA) is 67.2 Å². The summed E-state index contributed by atoms with van der Waals surface area (Å²) in [4.78, 5) is 9.84. The fourth-order valence-corrected chi connectivity index (χ4v) is 1.80. The van der Waals surface area contributed by atoms with Crippen molar-refractivity contribution in [3.63, 3.8) is 0 Å². The third-order valence-electron chi connectivity index (χ3n) is 2.77. The molecule has 1 aromatic heterocycles. The molecule has 0 aliphatic carbocycles. The first-order valence-corrected chi connectivity index (χ1v) is 5.41. The van der Waals surface area contributed by atoms with Crippen LogP contribution < -0.4 is 5.73 Å². The van der Waals surface area contributed by atoms with Gasteiger partial charge in [-0.1, -0.05) is 6.92 Å². The van der Waals surface area contributed by atoms with Gasteiger partial charge in [0.2, 0.25) is 0 Å². The Bertz CT molecular complexity index is 312. The largest absolute Gasteiger partial charge is 0.368 e. The summed E-state index contributed by atoms with van der Waals surface area (Å²) in [6, 6.07) is 0. The van der Waals surface area contributed by atoms with E-state index in [2.05, 4.69) is 21.8 Å². The number of aromatic nitrogens is 2. The number of rotatable bonds is 3. The van der Waals surface area contributed by atoms with Gasteiger partial charge in [-0.2, -0.15) is 0 Å². The van der Waals surface area contributed by atoms with E-state index in [4.69, 9.17) is 10.5 Å². The Morgan fingerprint density at radius 2 is 2.60 bits per heavy atom. The summed E-state index contributed by atoms with van der Waals surface area (Å²) in [5.41, 5.74) is 6.48. The highest BCUT2D eigenvalue weighted by atomic mass is 16.5. The highest BCUT2D eigenvalue weighted by Crippen LogP contribution is 2.19. The van der Waals surface area contributed by atoms with Gasteiger partial charge < -0.3 is 15.5 Å². The molecule has 1 saturated heterocycles. The predicted octanol–water partition coefficient (Wildman–Crippen LogP) is 0.262. The summed E-state index contributed by atoms with van der Waals surface area (Å²) in [6.07, 6.45) is 1.85. The van der Waals surface area contributed by atoms with Crippen LogP contribution in [0.3, 0.4) is 0 Å². The Kier molecular flexibility index (Phi) is 3.35. The lowest BCUT2D eigenvalue weighted by Gasteiger charge is -2.30. The molecule has 5 nitrogen and oxygen atoms in total. The lowest BCUT2D eigenvalue weighted by atomic mass is 10.2. The molecule has 0 aromatic carbocycles. The number of H-pyrrole nitrogens is 1. The van der Waals surface area contributed by atoms with Crippen molar-refractivity contribution in [2.45, 2.75) is 19.6 Å². The van der Waals surface area contributed by atoms with Crippen LogP contribution in [0.4, 0.5) is 0 Å². The average Bonchev–Trinajstić information content (AvgIpc) is 2.78. The number of hydrogen-bond donors (Lipinski definition) is 2. The minimum atomic E-state index is 0.0685. The first-order valence-electron chi connectivity index (χ1n) is 5.41. The van der Waals surface area contributed by atoms with Crippen LogP contribution in [0, 0.1) is 0 Å². The Balaban J connectivity index is 2.03. The quantitative estimate of drug-likeness (QED) is 0.751. The minimum Gasteiger partial charge on any atom is -0.368 e. The number of aromatic amines is 1.